The Morgan fingerprint density at radius 3 is 2.19 bits per heavy atom. The van der Waals surface area contributed by atoms with Gasteiger partial charge in [-0.25, -0.2) is 29.9 Å². The Bertz CT molecular complexity index is 988. The molecular formula is C17H17F2NO4S2. The van der Waals surface area contributed by atoms with Crippen molar-refractivity contribution in [3.05, 3.63) is 65.7 Å². The van der Waals surface area contributed by atoms with Crippen LogP contribution in [0.25, 0.3) is 0 Å². The van der Waals surface area contributed by atoms with Gasteiger partial charge in [-0.3, -0.25) is 0 Å². The maximum Gasteiger partial charge on any atom is 0.218 e. The molecule has 3 rings (SSSR count). The maximum absolute atomic E-state index is 13.3. The fraction of sp³-hybridized carbons (Fsp3) is 0.294. The van der Waals surface area contributed by atoms with Gasteiger partial charge in [-0.15, -0.1) is 0 Å². The second kappa shape index (κ2) is 7.05. The lowest BCUT2D eigenvalue weighted by molar-refractivity contribution is 0.475. The van der Waals surface area contributed by atoms with E-state index in [-0.39, 0.29) is 30.0 Å². The van der Waals surface area contributed by atoms with Crippen LogP contribution in [0.2, 0.25) is 0 Å². The smallest absolute Gasteiger partial charge is 0.218 e. The van der Waals surface area contributed by atoms with Crippen molar-refractivity contribution in [3.8, 4) is 0 Å². The Morgan fingerprint density at radius 2 is 1.58 bits per heavy atom. The molecule has 9 heteroatoms. The van der Waals surface area contributed by atoms with Crippen LogP contribution in [0.1, 0.15) is 12.0 Å². The van der Waals surface area contributed by atoms with Crippen molar-refractivity contribution in [1.29, 1.82) is 0 Å². The number of sulfonamides is 1. The molecule has 1 fully saturated rings. The lowest BCUT2D eigenvalue weighted by Gasteiger charge is -2.17. The summed E-state index contributed by atoms with van der Waals surface area (Å²) in [6.45, 7) is -0.117. The Hall–Kier alpha value is -1.84. The molecule has 1 atom stereocenters. The van der Waals surface area contributed by atoms with E-state index in [9.17, 15) is 25.6 Å². The number of benzene rings is 2. The molecule has 0 N–H and O–H groups in total. The van der Waals surface area contributed by atoms with E-state index >= 15 is 0 Å². The third kappa shape index (κ3) is 3.94. The molecule has 1 aliphatic heterocycles. The quantitative estimate of drug-likeness (QED) is 0.771. The van der Waals surface area contributed by atoms with Crippen LogP contribution < -0.4 is 0 Å². The summed E-state index contributed by atoms with van der Waals surface area (Å²) in [5.74, 6) is -2.30. The Balaban J connectivity index is 1.77. The minimum Gasteiger partial charge on any atom is -0.223 e. The summed E-state index contributed by atoms with van der Waals surface area (Å²) in [4.78, 5) is 0.149. The SMILES string of the molecule is O=S(=O)(c1ccccc1)C1CCN(S(=O)(=O)Cc2cc(F)cc(F)c2)C1. The molecule has 2 aromatic carbocycles. The highest BCUT2D eigenvalue weighted by molar-refractivity contribution is 7.92. The summed E-state index contributed by atoms with van der Waals surface area (Å²) in [6.07, 6.45) is 0.175. The summed E-state index contributed by atoms with van der Waals surface area (Å²) in [5, 5.41) is -0.844. The minimum atomic E-state index is -3.89. The molecule has 1 aliphatic rings. The van der Waals surface area contributed by atoms with E-state index in [1.807, 2.05) is 0 Å². The zero-order chi connectivity index (χ0) is 18.9. The van der Waals surface area contributed by atoms with Gasteiger partial charge >= 0.3 is 0 Å². The van der Waals surface area contributed by atoms with E-state index in [0.717, 1.165) is 16.4 Å². The van der Waals surface area contributed by atoms with Gasteiger partial charge in [0.05, 0.1) is 15.9 Å². The van der Waals surface area contributed by atoms with E-state index in [4.69, 9.17) is 0 Å². The molecule has 0 radical (unpaired) electrons. The third-order valence-electron chi connectivity index (χ3n) is 4.28. The zero-order valence-corrected chi connectivity index (χ0v) is 15.3. The summed E-state index contributed by atoms with van der Waals surface area (Å²) in [6, 6.07) is 10.4. The maximum atomic E-state index is 13.3. The normalized spacial score (nSPS) is 18.9. The first-order valence-corrected chi connectivity index (χ1v) is 11.1. The van der Waals surface area contributed by atoms with Crippen molar-refractivity contribution in [2.75, 3.05) is 13.1 Å². The summed E-state index contributed by atoms with van der Waals surface area (Å²) >= 11 is 0. The van der Waals surface area contributed by atoms with Crippen molar-refractivity contribution in [2.45, 2.75) is 22.3 Å². The fourth-order valence-corrected chi connectivity index (χ4v) is 6.37. The standard InChI is InChI=1S/C17H17F2NO4S2/c18-14-8-13(9-15(19)10-14)12-25(21,22)20-7-6-17(11-20)26(23,24)16-4-2-1-3-5-16/h1-5,8-10,17H,6-7,11-12H2. The van der Waals surface area contributed by atoms with E-state index in [1.165, 1.54) is 12.1 Å². The number of hydrogen-bond donors (Lipinski definition) is 0. The van der Waals surface area contributed by atoms with Gasteiger partial charge in [-0.1, -0.05) is 18.2 Å². The summed E-state index contributed by atoms with van der Waals surface area (Å²) < 4.78 is 77.9. The highest BCUT2D eigenvalue weighted by Gasteiger charge is 2.38. The van der Waals surface area contributed by atoms with Crippen molar-refractivity contribution in [1.82, 2.24) is 4.31 Å². The predicted molar refractivity (Wildman–Crippen MR) is 92.6 cm³/mol. The lowest BCUT2D eigenvalue weighted by atomic mass is 10.2. The monoisotopic (exact) mass is 401 g/mol. The van der Waals surface area contributed by atoms with Gasteiger partial charge in [0.25, 0.3) is 0 Å². The number of hydrogen-bond acceptors (Lipinski definition) is 4. The van der Waals surface area contributed by atoms with E-state index in [0.29, 0.717) is 6.07 Å². The summed E-state index contributed by atoms with van der Waals surface area (Å²) in [7, 11) is -7.53. The lowest BCUT2D eigenvalue weighted by Crippen LogP contribution is -2.32. The second-order valence-corrected chi connectivity index (χ2v) is 10.4. The molecule has 0 saturated carbocycles. The van der Waals surface area contributed by atoms with Crippen LogP contribution >= 0.6 is 0 Å². The van der Waals surface area contributed by atoms with E-state index in [2.05, 4.69) is 0 Å². The molecular weight excluding hydrogens is 384 g/mol. The van der Waals surface area contributed by atoms with Crippen molar-refractivity contribution >= 4 is 19.9 Å². The van der Waals surface area contributed by atoms with Crippen molar-refractivity contribution < 1.29 is 25.6 Å². The van der Waals surface area contributed by atoms with Gasteiger partial charge in [0, 0.05) is 19.2 Å². The molecule has 0 bridgehead atoms. The average Bonchev–Trinajstić information content (AvgIpc) is 3.06. The molecule has 1 heterocycles. The molecule has 0 aromatic heterocycles. The van der Waals surface area contributed by atoms with Crippen LogP contribution in [0.15, 0.2) is 53.4 Å². The van der Waals surface area contributed by atoms with Gasteiger partial charge in [0.15, 0.2) is 9.84 Å². The zero-order valence-electron chi connectivity index (χ0n) is 13.7. The summed E-state index contributed by atoms with van der Waals surface area (Å²) in [5.41, 5.74) is -0.0168. The largest absolute Gasteiger partial charge is 0.223 e. The van der Waals surface area contributed by atoms with Crippen molar-refractivity contribution in [2.24, 2.45) is 0 Å². The van der Waals surface area contributed by atoms with Crippen LogP contribution in [0, 0.1) is 11.6 Å². The predicted octanol–water partition coefficient (Wildman–Crippen LogP) is 2.34. The molecule has 0 amide bonds. The number of halogens is 2. The first kappa shape index (κ1) is 18.9. The van der Waals surface area contributed by atoms with E-state index in [1.54, 1.807) is 18.2 Å². The van der Waals surface area contributed by atoms with Gasteiger partial charge in [-0.05, 0) is 36.2 Å². The van der Waals surface area contributed by atoms with Crippen molar-refractivity contribution in [3.63, 3.8) is 0 Å². The number of sulfone groups is 1. The average molecular weight is 401 g/mol. The van der Waals surface area contributed by atoms with Gasteiger partial charge in [-0.2, -0.15) is 0 Å². The highest BCUT2D eigenvalue weighted by atomic mass is 32.2. The van der Waals surface area contributed by atoms with Gasteiger partial charge in [0.2, 0.25) is 10.0 Å². The number of nitrogens with zero attached hydrogens (tertiary/aromatic N) is 1. The minimum absolute atomic E-state index is 0.0168. The molecule has 1 saturated heterocycles. The van der Waals surface area contributed by atoms with Crippen LogP contribution in [-0.4, -0.2) is 39.5 Å². The van der Waals surface area contributed by atoms with Gasteiger partial charge < -0.3 is 0 Å². The first-order valence-electron chi connectivity index (χ1n) is 7.90. The van der Waals surface area contributed by atoms with Gasteiger partial charge in [0.1, 0.15) is 11.6 Å². The molecule has 5 nitrogen and oxygen atoms in total. The molecule has 140 valence electrons. The molecule has 26 heavy (non-hydrogen) atoms. The van der Waals surface area contributed by atoms with Crippen LogP contribution in [0.3, 0.4) is 0 Å². The van der Waals surface area contributed by atoms with Crippen LogP contribution in [-0.2, 0) is 25.6 Å². The Morgan fingerprint density at radius 1 is 0.962 bits per heavy atom. The Kier molecular flexibility index (Phi) is 5.14. The molecule has 0 spiro atoms. The molecule has 1 unspecified atom stereocenters. The molecule has 0 aliphatic carbocycles. The van der Waals surface area contributed by atoms with E-state index < -0.39 is 42.5 Å². The fourth-order valence-electron chi connectivity index (χ4n) is 3.00. The van der Waals surface area contributed by atoms with Crippen LogP contribution in [0.5, 0.6) is 0 Å². The highest BCUT2D eigenvalue weighted by Crippen LogP contribution is 2.26. The second-order valence-electron chi connectivity index (χ2n) is 6.16. The first-order chi connectivity index (χ1) is 12.2. The third-order valence-corrected chi connectivity index (χ3v) is 8.29. The van der Waals surface area contributed by atoms with Crippen LogP contribution in [0.4, 0.5) is 8.78 Å². The topological polar surface area (TPSA) is 71.5 Å². The molecule has 2 aromatic rings. The Labute approximate surface area is 151 Å². The number of rotatable bonds is 5.